The first-order valence-corrected chi connectivity index (χ1v) is 6.07. The lowest BCUT2D eigenvalue weighted by atomic mass is 10.4. The van der Waals surface area contributed by atoms with E-state index in [1.807, 2.05) is 0 Å². The summed E-state index contributed by atoms with van der Waals surface area (Å²) >= 11 is 5.54. The third kappa shape index (κ3) is 2.02. The number of hydrogen-bond donors (Lipinski definition) is 2. The normalized spacial score (nSPS) is 13.1. The number of nitrogens with zero attached hydrogens (tertiary/aromatic N) is 4. The standard InChI is InChI=1S/C10H14ClN5O3/c1-14-7-6(8(18)15(2)10(14)19)16(9(12)13-7)4-5(17)3-11/h5,17H,3-4H2,1-2H3,(H2,12,13). The van der Waals surface area contributed by atoms with E-state index in [9.17, 15) is 14.7 Å². The van der Waals surface area contributed by atoms with E-state index in [2.05, 4.69) is 4.98 Å². The van der Waals surface area contributed by atoms with Crippen molar-refractivity contribution in [3.8, 4) is 0 Å². The van der Waals surface area contributed by atoms with Crippen molar-refractivity contribution in [2.45, 2.75) is 12.6 Å². The molecule has 0 bridgehead atoms. The minimum atomic E-state index is -0.858. The maximum atomic E-state index is 12.1. The zero-order valence-electron chi connectivity index (χ0n) is 10.5. The average Bonchev–Trinajstić information content (AvgIpc) is 2.71. The third-order valence-electron chi connectivity index (χ3n) is 2.95. The lowest BCUT2D eigenvalue weighted by molar-refractivity contribution is 0.179. The van der Waals surface area contributed by atoms with Crippen LogP contribution in [0.15, 0.2) is 9.59 Å². The second-order valence-electron chi connectivity index (χ2n) is 4.27. The summed E-state index contributed by atoms with van der Waals surface area (Å²) in [6.45, 7) is 0.0409. The molecule has 19 heavy (non-hydrogen) atoms. The highest BCUT2D eigenvalue weighted by molar-refractivity contribution is 6.18. The first-order valence-electron chi connectivity index (χ1n) is 5.54. The van der Waals surface area contributed by atoms with Crippen LogP contribution in [0.2, 0.25) is 0 Å². The molecule has 0 amide bonds. The third-order valence-corrected chi connectivity index (χ3v) is 3.31. The molecule has 3 N–H and O–H groups in total. The topological polar surface area (TPSA) is 108 Å². The van der Waals surface area contributed by atoms with Gasteiger partial charge in [0.15, 0.2) is 11.2 Å². The van der Waals surface area contributed by atoms with Crippen LogP contribution < -0.4 is 17.0 Å². The van der Waals surface area contributed by atoms with Crippen molar-refractivity contribution in [1.82, 2.24) is 18.7 Å². The van der Waals surface area contributed by atoms with Crippen molar-refractivity contribution < 1.29 is 5.11 Å². The van der Waals surface area contributed by atoms with Crippen LogP contribution in [0, 0.1) is 0 Å². The molecule has 0 saturated heterocycles. The number of imidazole rings is 1. The number of anilines is 1. The maximum absolute atomic E-state index is 12.1. The summed E-state index contributed by atoms with van der Waals surface area (Å²) in [6, 6.07) is 0. The Kier molecular flexibility index (Phi) is 3.38. The van der Waals surface area contributed by atoms with Crippen LogP contribution in [0.4, 0.5) is 5.95 Å². The summed E-state index contributed by atoms with van der Waals surface area (Å²) in [6.07, 6.45) is -0.858. The summed E-state index contributed by atoms with van der Waals surface area (Å²) in [5.41, 5.74) is 5.09. The highest BCUT2D eigenvalue weighted by Gasteiger charge is 2.19. The van der Waals surface area contributed by atoms with Gasteiger partial charge in [0.05, 0.1) is 18.5 Å². The number of aryl methyl sites for hydroxylation is 1. The Morgan fingerprint density at radius 1 is 1.37 bits per heavy atom. The van der Waals surface area contributed by atoms with Crippen LogP contribution in [0.3, 0.4) is 0 Å². The molecule has 2 heterocycles. The number of rotatable bonds is 3. The fourth-order valence-electron chi connectivity index (χ4n) is 1.91. The lowest BCUT2D eigenvalue weighted by Gasteiger charge is -2.10. The Hall–Kier alpha value is -1.80. The summed E-state index contributed by atoms with van der Waals surface area (Å²) < 4.78 is 3.56. The Balaban J connectivity index is 2.83. The quantitative estimate of drug-likeness (QED) is 0.676. The first kappa shape index (κ1) is 13.6. The molecule has 0 radical (unpaired) electrons. The van der Waals surface area contributed by atoms with Crippen LogP contribution in [-0.4, -0.2) is 35.8 Å². The van der Waals surface area contributed by atoms with Gasteiger partial charge in [-0.05, 0) is 0 Å². The highest BCUT2D eigenvalue weighted by Crippen LogP contribution is 2.13. The van der Waals surface area contributed by atoms with Gasteiger partial charge in [-0.15, -0.1) is 11.6 Å². The molecule has 9 heteroatoms. The van der Waals surface area contributed by atoms with Gasteiger partial charge in [-0.25, -0.2) is 4.79 Å². The van der Waals surface area contributed by atoms with Gasteiger partial charge in [0.25, 0.3) is 5.56 Å². The fraction of sp³-hybridized carbons (Fsp3) is 0.500. The van der Waals surface area contributed by atoms with E-state index in [1.54, 1.807) is 0 Å². The molecule has 8 nitrogen and oxygen atoms in total. The van der Waals surface area contributed by atoms with Crippen molar-refractivity contribution >= 4 is 28.7 Å². The van der Waals surface area contributed by atoms with E-state index < -0.39 is 17.4 Å². The van der Waals surface area contributed by atoms with Gasteiger partial charge in [-0.3, -0.25) is 13.9 Å². The summed E-state index contributed by atoms with van der Waals surface area (Å²) in [5, 5.41) is 9.58. The lowest BCUT2D eigenvalue weighted by Crippen LogP contribution is -2.38. The monoisotopic (exact) mass is 287 g/mol. The number of halogens is 1. The van der Waals surface area contributed by atoms with E-state index >= 15 is 0 Å². The van der Waals surface area contributed by atoms with E-state index in [4.69, 9.17) is 17.3 Å². The second-order valence-corrected chi connectivity index (χ2v) is 4.58. The van der Waals surface area contributed by atoms with Crippen molar-refractivity contribution in [2.24, 2.45) is 14.1 Å². The molecule has 0 spiro atoms. The molecule has 1 atom stereocenters. The molecule has 1 unspecified atom stereocenters. The smallest absolute Gasteiger partial charge is 0.332 e. The molecule has 2 aromatic rings. The predicted molar refractivity (Wildman–Crippen MR) is 71.4 cm³/mol. The van der Waals surface area contributed by atoms with Crippen LogP contribution in [-0.2, 0) is 20.6 Å². The molecule has 0 aliphatic carbocycles. The molecule has 0 fully saturated rings. The van der Waals surface area contributed by atoms with Gasteiger partial charge in [0.2, 0.25) is 5.95 Å². The minimum absolute atomic E-state index is 0.00515. The van der Waals surface area contributed by atoms with Crippen LogP contribution in [0.25, 0.3) is 11.2 Å². The zero-order valence-corrected chi connectivity index (χ0v) is 11.3. The van der Waals surface area contributed by atoms with Crippen molar-refractivity contribution in [3.05, 3.63) is 20.8 Å². The Bertz CT molecular complexity index is 744. The van der Waals surface area contributed by atoms with Crippen LogP contribution in [0.1, 0.15) is 0 Å². The van der Waals surface area contributed by atoms with E-state index in [1.165, 1.54) is 23.2 Å². The maximum Gasteiger partial charge on any atom is 0.332 e. The molecule has 0 aliphatic heterocycles. The highest BCUT2D eigenvalue weighted by atomic mass is 35.5. The summed E-state index contributed by atoms with van der Waals surface area (Å²) in [5.74, 6) is 0.0584. The molecule has 104 valence electrons. The van der Waals surface area contributed by atoms with E-state index in [0.717, 1.165) is 4.57 Å². The van der Waals surface area contributed by atoms with Gasteiger partial charge in [0.1, 0.15) is 0 Å². The second kappa shape index (κ2) is 4.71. The Labute approximate surface area is 112 Å². The van der Waals surface area contributed by atoms with Crippen molar-refractivity contribution in [1.29, 1.82) is 0 Å². The predicted octanol–water partition coefficient (Wildman–Crippen LogP) is -1.38. The van der Waals surface area contributed by atoms with Crippen LogP contribution >= 0.6 is 11.6 Å². The summed E-state index contributed by atoms with van der Waals surface area (Å²) in [4.78, 5) is 27.9. The number of alkyl halides is 1. The molecule has 0 aliphatic rings. The molecule has 0 saturated carbocycles. The van der Waals surface area contributed by atoms with Gasteiger partial charge < -0.3 is 15.4 Å². The van der Waals surface area contributed by atoms with E-state index in [-0.39, 0.29) is 29.5 Å². The number of nitrogens with two attached hydrogens (primary N) is 1. The van der Waals surface area contributed by atoms with Gasteiger partial charge in [0, 0.05) is 14.1 Å². The van der Waals surface area contributed by atoms with Gasteiger partial charge in [-0.2, -0.15) is 4.98 Å². The Morgan fingerprint density at radius 3 is 2.58 bits per heavy atom. The zero-order chi connectivity index (χ0) is 14.3. The van der Waals surface area contributed by atoms with Gasteiger partial charge >= 0.3 is 5.69 Å². The number of nitrogen functional groups attached to an aromatic ring is 1. The Morgan fingerprint density at radius 2 is 2.00 bits per heavy atom. The molecule has 0 aromatic carbocycles. The van der Waals surface area contributed by atoms with Crippen molar-refractivity contribution in [2.75, 3.05) is 11.6 Å². The molecular formula is C10H14ClN5O3. The average molecular weight is 288 g/mol. The minimum Gasteiger partial charge on any atom is -0.390 e. The first-order chi connectivity index (χ1) is 8.88. The number of hydrogen-bond acceptors (Lipinski definition) is 5. The molecular weight excluding hydrogens is 274 g/mol. The summed E-state index contributed by atoms with van der Waals surface area (Å²) in [7, 11) is 2.87. The SMILES string of the molecule is Cn1c(=O)c2c(nc(N)n2CC(O)CCl)n(C)c1=O. The number of aromatic nitrogens is 4. The van der Waals surface area contributed by atoms with Gasteiger partial charge in [-0.1, -0.05) is 0 Å². The number of aliphatic hydroxyl groups is 1. The molecule has 2 rings (SSSR count). The van der Waals surface area contributed by atoms with Crippen molar-refractivity contribution in [3.63, 3.8) is 0 Å². The van der Waals surface area contributed by atoms with Crippen LogP contribution in [0.5, 0.6) is 0 Å². The molecule has 2 aromatic heterocycles. The number of fused-ring (bicyclic) bond motifs is 1. The number of aliphatic hydroxyl groups excluding tert-OH is 1. The fourth-order valence-corrected chi connectivity index (χ4v) is 2.01. The largest absolute Gasteiger partial charge is 0.390 e. The van der Waals surface area contributed by atoms with E-state index in [0.29, 0.717) is 0 Å².